The van der Waals surface area contributed by atoms with Gasteiger partial charge in [0.1, 0.15) is 0 Å². The summed E-state index contributed by atoms with van der Waals surface area (Å²) < 4.78 is 1.13. The molecule has 0 radical (unpaired) electrons. The monoisotopic (exact) mass is 212 g/mol. The Morgan fingerprint density at radius 2 is 2.00 bits per heavy atom. The van der Waals surface area contributed by atoms with Crippen LogP contribution in [0.4, 0.5) is 0 Å². The Hall–Kier alpha value is 0.01000. The van der Waals surface area contributed by atoms with Gasteiger partial charge in [0.05, 0.1) is 4.20 Å². The minimum Gasteiger partial charge on any atom is -0.0798 e. The van der Waals surface area contributed by atoms with Gasteiger partial charge in [-0.1, -0.05) is 53.3 Å². The Labute approximate surface area is 85.5 Å². The standard InChI is InChI=1S/C9H8S3/c10-9-6-8(11-12-9)7-4-2-1-3-5-7/h1-5,8H,6H2. The highest BCUT2D eigenvalue weighted by atomic mass is 33.1. The summed E-state index contributed by atoms with van der Waals surface area (Å²) in [6.07, 6.45) is 1.05. The second-order valence-corrected chi connectivity index (χ2v) is 5.90. The van der Waals surface area contributed by atoms with Crippen molar-refractivity contribution in [2.24, 2.45) is 0 Å². The number of hydrogen-bond donors (Lipinski definition) is 0. The highest BCUT2D eigenvalue weighted by molar-refractivity contribution is 8.84. The zero-order valence-electron chi connectivity index (χ0n) is 6.40. The third-order valence-corrected chi connectivity index (χ3v) is 5.22. The van der Waals surface area contributed by atoms with Crippen molar-refractivity contribution in [2.75, 3.05) is 0 Å². The van der Waals surface area contributed by atoms with Crippen LogP contribution in [0.2, 0.25) is 0 Å². The summed E-state index contributed by atoms with van der Waals surface area (Å²) in [7, 11) is 3.63. The zero-order chi connectivity index (χ0) is 8.39. The van der Waals surface area contributed by atoms with E-state index in [1.54, 1.807) is 10.8 Å². The van der Waals surface area contributed by atoms with Crippen LogP contribution in [0.25, 0.3) is 0 Å². The third-order valence-electron chi connectivity index (χ3n) is 1.78. The number of rotatable bonds is 1. The highest BCUT2D eigenvalue weighted by Gasteiger charge is 2.22. The Morgan fingerprint density at radius 3 is 2.58 bits per heavy atom. The van der Waals surface area contributed by atoms with Crippen molar-refractivity contribution in [3.05, 3.63) is 35.9 Å². The van der Waals surface area contributed by atoms with Gasteiger partial charge in [-0.15, -0.1) is 0 Å². The van der Waals surface area contributed by atoms with Gasteiger partial charge in [-0.3, -0.25) is 0 Å². The lowest BCUT2D eigenvalue weighted by Gasteiger charge is -2.05. The van der Waals surface area contributed by atoms with Crippen LogP contribution in [0.5, 0.6) is 0 Å². The fourth-order valence-electron chi connectivity index (χ4n) is 1.17. The summed E-state index contributed by atoms with van der Waals surface area (Å²) in [5.74, 6) is 0. The molecular formula is C9H8S3. The second kappa shape index (κ2) is 3.81. The molecule has 0 amide bonds. The Kier molecular flexibility index (Phi) is 2.73. The highest BCUT2D eigenvalue weighted by Crippen LogP contribution is 2.49. The molecule has 1 aromatic carbocycles. The summed E-state index contributed by atoms with van der Waals surface area (Å²) in [5, 5.41) is 0.587. The third kappa shape index (κ3) is 1.84. The summed E-state index contributed by atoms with van der Waals surface area (Å²) in [6, 6.07) is 10.6. The van der Waals surface area contributed by atoms with Gasteiger partial charge in [0, 0.05) is 11.7 Å². The van der Waals surface area contributed by atoms with E-state index in [4.69, 9.17) is 12.2 Å². The SMILES string of the molecule is S=C1CC(c2ccccc2)SS1. The number of hydrogen-bond acceptors (Lipinski definition) is 3. The van der Waals surface area contributed by atoms with Crippen molar-refractivity contribution in [1.29, 1.82) is 0 Å². The zero-order valence-corrected chi connectivity index (χ0v) is 8.85. The maximum Gasteiger partial charge on any atom is 0.0602 e. The van der Waals surface area contributed by atoms with Crippen LogP contribution in [-0.4, -0.2) is 4.20 Å². The summed E-state index contributed by atoms with van der Waals surface area (Å²) in [4.78, 5) is 0. The first-order valence-electron chi connectivity index (χ1n) is 3.77. The molecule has 0 saturated carbocycles. The van der Waals surface area contributed by atoms with Crippen LogP contribution in [-0.2, 0) is 0 Å². The Morgan fingerprint density at radius 1 is 1.25 bits per heavy atom. The summed E-state index contributed by atoms with van der Waals surface area (Å²) in [6.45, 7) is 0. The van der Waals surface area contributed by atoms with Crippen molar-refractivity contribution in [1.82, 2.24) is 0 Å². The van der Waals surface area contributed by atoms with Gasteiger partial charge in [-0.2, -0.15) is 0 Å². The van der Waals surface area contributed by atoms with Crippen LogP contribution in [0.1, 0.15) is 17.2 Å². The van der Waals surface area contributed by atoms with E-state index in [0.717, 1.165) is 10.6 Å². The van der Waals surface area contributed by atoms with Gasteiger partial charge in [-0.05, 0) is 16.4 Å². The van der Waals surface area contributed by atoms with Crippen molar-refractivity contribution in [3.63, 3.8) is 0 Å². The minimum absolute atomic E-state index is 0.587. The molecule has 3 heteroatoms. The van der Waals surface area contributed by atoms with Gasteiger partial charge in [0.25, 0.3) is 0 Å². The van der Waals surface area contributed by atoms with E-state index in [0.29, 0.717) is 5.25 Å². The molecule has 2 rings (SSSR count). The van der Waals surface area contributed by atoms with Crippen molar-refractivity contribution in [3.8, 4) is 0 Å². The van der Waals surface area contributed by atoms with Gasteiger partial charge < -0.3 is 0 Å². The lowest BCUT2D eigenvalue weighted by atomic mass is 10.1. The van der Waals surface area contributed by atoms with Gasteiger partial charge in [0.2, 0.25) is 0 Å². The first kappa shape index (κ1) is 8.60. The smallest absolute Gasteiger partial charge is 0.0602 e. The lowest BCUT2D eigenvalue weighted by Crippen LogP contribution is -1.89. The lowest BCUT2D eigenvalue weighted by molar-refractivity contribution is 1.04. The molecule has 1 saturated heterocycles. The van der Waals surface area contributed by atoms with E-state index in [9.17, 15) is 0 Å². The molecule has 62 valence electrons. The average Bonchev–Trinajstić information content (AvgIpc) is 2.54. The van der Waals surface area contributed by atoms with Crippen LogP contribution < -0.4 is 0 Å². The molecule has 1 heterocycles. The van der Waals surface area contributed by atoms with Crippen molar-refractivity contribution < 1.29 is 0 Å². The van der Waals surface area contributed by atoms with Gasteiger partial charge >= 0.3 is 0 Å². The average molecular weight is 212 g/mol. The van der Waals surface area contributed by atoms with Crippen LogP contribution in [0.3, 0.4) is 0 Å². The molecule has 1 atom stereocenters. The topological polar surface area (TPSA) is 0 Å². The largest absolute Gasteiger partial charge is 0.0798 e. The van der Waals surface area contributed by atoms with E-state index in [2.05, 4.69) is 30.3 Å². The van der Waals surface area contributed by atoms with Crippen molar-refractivity contribution in [2.45, 2.75) is 11.7 Å². The van der Waals surface area contributed by atoms with Crippen LogP contribution in [0, 0.1) is 0 Å². The molecule has 0 N–H and O–H groups in total. The molecule has 1 unspecified atom stereocenters. The Balaban J connectivity index is 2.16. The number of thiocarbonyl (C=S) groups is 1. The fraction of sp³-hybridized carbons (Fsp3) is 0.222. The molecule has 0 bridgehead atoms. The maximum atomic E-state index is 5.14. The molecule has 12 heavy (non-hydrogen) atoms. The molecule has 1 aliphatic heterocycles. The van der Waals surface area contributed by atoms with Gasteiger partial charge in [-0.25, -0.2) is 0 Å². The summed E-state index contributed by atoms with van der Waals surface area (Å²) in [5.41, 5.74) is 1.40. The Bertz CT molecular complexity index is 281. The predicted octanol–water partition coefficient (Wildman–Crippen LogP) is 3.84. The minimum atomic E-state index is 0.587. The number of benzene rings is 1. The first-order valence-corrected chi connectivity index (χ1v) is 6.39. The van der Waals surface area contributed by atoms with Crippen LogP contribution in [0.15, 0.2) is 30.3 Å². The quantitative estimate of drug-likeness (QED) is 0.513. The van der Waals surface area contributed by atoms with Crippen molar-refractivity contribution >= 4 is 38.0 Å². The molecule has 0 aliphatic carbocycles. The van der Waals surface area contributed by atoms with E-state index in [-0.39, 0.29) is 0 Å². The molecule has 0 spiro atoms. The molecule has 1 aromatic rings. The first-order chi connectivity index (χ1) is 5.86. The molecule has 1 fully saturated rings. The molecule has 0 aromatic heterocycles. The normalized spacial score (nSPS) is 23.0. The van der Waals surface area contributed by atoms with Crippen LogP contribution >= 0.6 is 33.8 Å². The van der Waals surface area contributed by atoms with E-state index >= 15 is 0 Å². The maximum absolute atomic E-state index is 5.14. The molecule has 0 nitrogen and oxygen atoms in total. The van der Waals surface area contributed by atoms with E-state index in [1.165, 1.54) is 5.56 Å². The van der Waals surface area contributed by atoms with Gasteiger partial charge in [0.15, 0.2) is 0 Å². The molecular weight excluding hydrogens is 204 g/mol. The van der Waals surface area contributed by atoms with E-state index in [1.807, 2.05) is 10.8 Å². The second-order valence-electron chi connectivity index (χ2n) is 2.66. The molecule has 1 aliphatic rings. The van der Waals surface area contributed by atoms with E-state index < -0.39 is 0 Å². The summed E-state index contributed by atoms with van der Waals surface area (Å²) >= 11 is 5.14. The predicted molar refractivity (Wildman–Crippen MR) is 61.6 cm³/mol. The fourth-order valence-corrected chi connectivity index (χ4v) is 4.28.